The van der Waals surface area contributed by atoms with Gasteiger partial charge in [0.05, 0.1) is 13.2 Å². The highest BCUT2D eigenvalue weighted by atomic mass is 16.5. The van der Waals surface area contributed by atoms with Gasteiger partial charge >= 0.3 is 0 Å². The number of hydrogen-bond acceptors (Lipinski definition) is 3. The summed E-state index contributed by atoms with van der Waals surface area (Å²) < 4.78 is 5.27. The predicted molar refractivity (Wildman–Crippen MR) is 79.9 cm³/mol. The fraction of sp³-hybridized carbons (Fsp3) is 0.294. The van der Waals surface area contributed by atoms with Crippen LogP contribution in [0.5, 0.6) is 0 Å². The van der Waals surface area contributed by atoms with Crippen LogP contribution in [0.1, 0.15) is 6.42 Å². The first kappa shape index (κ1) is 12.5. The molecular weight excluding hydrogens is 264 g/mol. The van der Waals surface area contributed by atoms with E-state index in [-0.39, 0.29) is 11.3 Å². The van der Waals surface area contributed by atoms with Crippen molar-refractivity contribution in [2.45, 2.75) is 6.42 Å². The molecule has 2 aromatic rings. The number of carbonyl (C=O) groups excluding carboxylic acids is 1. The van der Waals surface area contributed by atoms with Gasteiger partial charge in [-0.2, -0.15) is 0 Å². The maximum Gasteiger partial charge on any atom is 0.228 e. The lowest BCUT2D eigenvalue weighted by molar-refractivity contribution is -0.126. The van der Waals surface area contributed by atoms with Gasteiger partial charge in [-0.25, -0.2) is 4.98 Å². The summed E-state index contributed by atoms with van der Waals surface area (Å²) in [7, 11) is 0. The van der Waals surface area contributed by atoms with Gasteiger partial charge in [-0.1, -0.05) is 30.3 Å². The lowest BCUT2D eigenvalue weighted by atomic mass is 9.85. The SMILES string of the molecule is O=C1CC2(COC2)CN1c1ccc(-c2ccccc2)cn1. The fourth-order valence-electron chi connectivity index (χ4n) is 3.04. The summed E-state index contributed by atoms with van der Waals surface area (Å²) in [6.45, 7) is 2.11. The van der Waals surface area contributed by atoms with Crippen LogP contribution in [-0.4, -0.2) is 30.6 Å². The van der Waals surface area contributed by atoms with Crippen molar-refractivity contribution in [3.05, 3.63) is 48.7 Å². The molecule has 1 amide bonds. The highest BCUT2D eigenvalue weighted by Crippen LogP contribution is 2.39. The Morgan fingerprint density at radius 2 is 1.86 bits per heavy atom. The molecule has 4 rings (SSSR count). The molecule has 1 aromatic heterocycles. The first-order valence-corrected chi connectivity index (χ1v) is 7.15. The molecule has 1 aromatic carbocycles. The summed E-state index contributed by atoms with van der Waals surface area (Å²) >= 11 is 0. The molecule has 2 aliphatic heterocycles. The first-order chi connectivity index (χ1) is 10.3. The monoisotopic (exact) mass is 280 g/mol. The van der Waals surface area contributed by atoms with E-state index in [2.05, 4.69) is 17.1 Å². The van der Waals surface area contributed by atoms with E-state index < -0.39 is 0 Å². The van der Waals surface area contributed by atoms with Gasteiger partial charge in [-0.3, -0.25) is 9.69 Å². The Bertz CT molecular complexity index is 663. The van der Waals surface area contributed by atoms with Crippen molar-refractivity contribution >= 4 is 11.7 Å². The van der Waals surface area contributed by atoms with Crippen molar-refractivity contribution in [2.75, 3.05) is 24.7 Å². The number of aromatic nitrogens is 1. The topological polar surface area (TPSA) is 42.4 Å². The number of amides is 1. The predicted octanol–water partition coefficient (Wildman–Crippen LogP) is 2.50. The first-order valence-electron chi connectivity index (χ1n) is 7.15. The average Bonchev–Trinajstić information content (AvgIpc) is 2.87. The summed E-state index contributed by atoms with van der Waals surface area (Å²) in [5.74, 6) is 0.890. The molecule has 2 saturated heterocycles. The summed E-state index contributed by atoms with van der Waals surface area (Å²) in [4.78, 5) is 18.4. The number of pyridine rings is 1. The number of benzene rings is 1. The fourth-order valence-corrected chi connectivity index (χ4v) is 3.04. The van der Waals surface area contributed by atoms with Crippen LogP contribution in [0.4, 0.5) is 5.82 Å². The molecule has 21 heavy (non-hydrogen) atoms. The second kappa shape index (κ2) is 4.67. The molecular formula is C17H16N2O2. The quantitative estimate of drug-likeness (QED) is 0.849. The molecule has 0 N–H and O–H groups in total. The Morgan fingerprint density at radius 3 is 2.43 bits per heavy atom. The lowest BCUT2D eigenvalue weighted by Crippen LogP contribution is -2.44. The van der Waals surface area contributed by atoms with Crippen LogP contribution in [-0.2, 0) is 9.53 Å². The smallest absolute Gasteiger partial charge is 0.228 e. The van der Waals surface area contributed by atoms with Crippen LogP contribution in [0.15, 0.2) is 48.7 Å². The highest BCUT2D eigenvalue weighted by molar-refractivity contribution is 5.95. The second-order valence-corrected chi connectivity index (χ2v) is 5.92. The van der Waals surface area contributed by atoms with Crippen molar-refractivity contribution in [3.63, 3.8) is 0 Å². The molecule has 106 valence electrons. The van der Waals surface area contributed by atoms with Crippen molar-refractivity contribution in [3.8, 4) is 11.1 Å². The normalized spacial score (nSPS) is 19.8. The number of hydrogen-bond donors (Lipinski definition) is 0. The van der Waals surface area contributed by atoms with Crippen LogP contribution in [0.3, 0.4) is 0 Å². The van der Waals surface area contributed by atoms with Crippen molar-refractivity contribution < 1.29 is 9.53 Å². The van der Waals surface area contributed by atoms with Gasteiger partial charge < -0.3 is 4.74 Å². The van der Waals surface area contributed by atoms with Gasteiger partial charge in [0.2, 0.25) is 5.91 Å². The second-order valence-electron chi connectivity index (χ2n) is 5.92. The summed E-state index contributed by atoms with van der Waals surface area (Å²) in [6.07, 6.45) is 2.41. The lowest BCUT2D eigenvalue weighted by Gasteiger charge is -2.36. The van der Waals surface area contributed by atoms with Gasteiger partial charge in [0.15, 0.2) is 0 Å². The summed E-state index contributed by atoms with van der Waals surface area (Å²) in [5.41, 5.74) is 2.23. The third-order valence-electron chi connectivity index (χ3n) is 4.27. The van der Waals surface area contributed by atoms with Gasteiger partial charge in [0.1, 0.15) is 5.82 Å². The van der Waals surface area contributed by atoms with Gasteiger partial charge in [0, 0.05) is 30.1 Å². The zero-order chi connectivity index (χ0) is 14.3. The molecule has 2 aliphatic rings. The number of ether oxygens (including phenoxy) is 1. The number of anilines is 1. The van der Waals surface area contributed by atoms with Gasteiger partial charge in [-0.15, -0.1) is 0 Å². The maximum atomic E-state index is 12.2. The average molecular weight is 280 g/mol. The van der Waals surface area contributed by atoms with Crippen LogP contribution in [0, 0.1) is 5.41 Å². The van der Waals surface area contributed by atoms with E-state index in [0.717, 1.165) is 23.5 Å². The maximum absolute atomic E-state index is 12.2. The summed E-state index contributed by atoms with van der Waals surface area (Å²) in [6, 6.07) is 14.1. The van der Waals surface area contributed by atoms with E-state index in [9.17, 15) is 4.79 Å². The molecule has 3 heterocycles. The van der Waals surface area contributed by atoms with E-state index in [4.69, 9.17) is 4.74 Å². The molecule has 0 unspecified atom stereocenters. The Labute approximate surface area is 123 Å². The van der Waals surface area contributed by atoms with Crippen molar-refractivity contribution in [1.82, 2.24) is 4.98 Å². The number of carbonyl (C=O) groups is 1. The molecule has 0 atom stereocenters. The van der Waals surface area contributed by atoms with Crippen LogP contribution >= 0.6 is 0 Å². The van der Waals surface area contributed by atoms with E-state index in [1.807, 2.05) is 36.5 Å². The van der Waals surface area contributed by atoms with Crippen LogP contribution in [0.25, 0.3) is 11.1 Å². The standard InChI is InChI=1S/C17H16N2O2/c20-16-8-17(11-21-12-17)10-19(16)15-7-6-14(9-18-15)13-4-2-1-3-5-13/h1-7,9H,8,10-12H2. The largest absolute Gasteiger partial charge is 0.380 e. The van der Waals surface area contributed by atoms with E-state index in [0.29, 0.717) is 19.6 Å². The molecule has 0 saturated carbocycles. The molecule has 0 radical (unpaired) electrons. The minimum Gasteiger partial charge on any atom is -0.380 e. The minimum absolute atomic E-state index is 0.0386. The van der Waals surface area contributed by atoms with Crippen LogP contribution in [0.2, 0.25) is 0 Å². The number of nitrogens with zero attached hydrogens (tertiary/aromatic N) is 2. The Morgan fingerprint density at radius 1 is 1.05 bits per heavy atom. The molecule has 0 bridgehead atoms. The summed E-state index contributed by atoms with van der Waals surface area (Å²) in [5, 5.41) is 0. The van der Waals surface area contributed by atoms with Crippen LogP contribution < -0.4 is 4.90 Å². The minimum atomic E-state index is 0.0386. The van der Waals surface area contributed by atoms with E-state index >= 15 is 0 Å². The van der Waals surface area contributed by atoms with E-state index in [1.54, 1.807) is 4.90 Å². The third-order valence-corrected chi connectivity index (χ3v) is 4.27. The molecule has 4 heteroatoms. The Kier molecular flexibility index (Phi) is 2.79. The van der Waals surface area contributed by atoms with Crippen molar-refractivity contribution in [1.29, 1.82) is 0 Å². The zero-order valence-corrected chi connectivity index (χ0v) is 11.7. The molecule has 1 spiro atoms. The Balaban J connectivity index is 1.58. The van der Waals surface area contributed by atoms with Gasteiger partial charge in [0.25, 0.3) is 0 Å². The molecule has 2 fully saturated rings. The zero-order valence-electron chi connectivity index (χ0n) is 11.7. The van der Waals surface area contributed by atoms with Gasteiger partial charge in [-0.05, 0) is 17.7 Å². The van der Waals surface area contributed by atoms with Crippen molar-refractivity contribution in [2.24, 2.45) is 5.41 Å². The van der Waals surface area contributed by atoms with E-state index in [1.165, 1.54) is 0 Å². The molecule has 4 nitrogen and oxygen atoms in total. The number of rotatable bonds is 2. The third kappa shape index (κ3) is 2.12. The Hall–Kier alpha value is -2.20. The molecule has 0 aliphatic carbocycles. The highest BCUT2D eigenvalue weighted by Gasteiger charge is 2.49.